The summed E-state index contributed by atoms with van der Waals surface area (Å²) in [7, 11) is 0. The normalized spacial score (nSPS) is 15.6. The van der Waals surface area contributed by atoms with E-state index in [2.05, 4.69) is 31.2 Å². The van der Waals surface area contributed by atoms with Crippen molar-refractivity contribution in [3.8, 4) is 0 Å². The maximum absolute atomic E-state index is 5.92. The minimum Gasteiger partial charge on any atom is -0.123 e. The molecule has 2 atom stereocenters. The Kier molecular flexibility index (Phi) is 3.61. The lowest BCUT2D eigenvalue weighted by Gasteiger charge is -2.12. The van der Waals surface area contributed by atoms with Crippen LogP contribution in [0.15, 0.2) is 30.3 Å². The molecule has 1 heteroatoms. The van der Waals surface area contributed by atoms with Gasteiger partial charge in [0, 0.05) is 5.38 Å². The van der Waals surface area contributed by atoms with E-state index in [1.54, 1.807) is 0 Å². The molecule has 1 aromatic rings. The molecule has 0 aliphatic rings. The topological polar surface area (TPSA) is 0 Å². The summed E-state index contributed by atoms with van der Waals surface area (Å²) in [5.41, 5.74) is 1.38. The van der Waals surface area contributed by atoms with Crippen molar-refractivity contribution in [1.82, 2.24) is 0 Å². The Morgan fingerprint density at radius 2 is 1.75 bits per heavy atom. The zero-order chi connectivity index (χ0) is 8.97. The summed E-state index contributed by atoms with van der Waals surface area (Å²) in [5.74, 6) is 0.568. The molecular formula is C11H15Cl. The van der Waals surface area contributed by atoms with E-state index in [4.69, 9.17) is 11.6 Å². The van der Waals surface area contributed by atoms with Gasteiger partial charge in [-0.1, -0.05) is 37.3 Å². The summed E-state index contributed by atoms with van der Waals surface area (Å²) >= 11 is 5.92. The molecule has 0 bridgehead atoms. The van der Waals surface area contributed by atoms with Crippen LogP contribution in [0.5, 0.6) is 0 Å². The Morgan fingerprint density at radius 3 is 2.25 bits per heavy atom. The van der Waals surface area contributed by atoms with Gasteiger partial charge in [-0.25, -0.2) is 0 Å². The molecule has 0 N–H and O–H groups in total. The van der Waals surface area contributed by atoms with Crippen LogP contribution in [0, 0.1) is 0 Å². The smallest absolute Gasteiger partial charge is 0.0313 e. The molecule has 12 heavy (non-hydrogen) atoms. The first-order valence-corrected chi connectivity index (χ1v) is 4.83. The minimum absolute atomic E-state index is 0.264. The summed E-state index contributed by atoms with van der Waals surface area (Å²) in [6.45, 7) is 4.26. The predicted octanol–water partition coefficient (Wildman–Crippen LogP) is 3.81. The number of benzene rings is 1. The van der Waals surface area contributed by atoms with E-state index in [0.29, 0.717) is 5.92 Å². The first kappa shape index (κ1) is 9.60. The van der Waals surface area contributed by atoms with E-state index in [-0.39, 0.29) is 5.38 Å². The molecule has 2 unspecified atom stereocenters. The van der Waals surface area contributed by atoms with Crippen molar-refractivity contribution in [2.45, 2.75) is 31.6 Å². The monoisotopic (exact) mass is 182 g/mol. The highest BCUT2D eigenvalue weighted by atomic mass is 35.5. The molecule has 0 aliphatic carbocycles. The van der Waals surface area contributed by atoms with Gasteiger partial charge in [0.2, 0.25) is 0 Å². The zero-order valence-corrected chi connectivity index (χ0v) is 8.38. The third kappa shape index (κ3) is 2.86. The van der Waals surface area contributed by atoms with Gasteiger partial charge in [-0.15, -0.1) is 11.6 Å². The van der Waals surface area contributed by atoms with Gasteiger partial charge in [-0.3, -0.25) is 0 Å². The second-order valence-corrected chi connectivity index (χ2v) is 4.07. The second kappa shape index (κ2) is 4.51. The molecule has 1 rings (SSSR count). The quantitative estimate of drug-likeness (QED) is 0.624. The Balaban J connectivity index is 2.59. The van der Waals surface area contributed by atoms with Gasteiger partial charge in [0.15, 0.2) is 0 Å². The first-order valence-electron chi connectivity index (χ1n) is 4.39. The van der Waals surface area contributed by atoms with Gasteiger partial charge in [0.1, 0.15) is 0 Å². The van der Waals surface area contributed by atoms with E-state index < -0.39 is 0 Å². The Bertz CT molecular complexity index is 216. The molecule has 1 aromatic carbocycles. The number of hydrogen-bond donors (Lipinski definition) is 0. The highest BCUT2D eigenvalue weighted by Gasteiger charge is 2.07. The Hall–Kier alpha value is -0.490. The number of halogens is 1. The average molecular weight is 183 g/mol. The fourth-order valence-electron chi connectivity index (χ4n) is 1.40. The van der Waals surface area contributed by atoms with Crippen LogP contribution in [-0.4, -0.2) is 5.38 Å². The van der Waals surface area contributed by atoms with Crippen LogP contribution < -0.4 is 0 Å². The van der Waals surface area contributed by atoms with Gasteiger partial charge in [0.05, 0.1) is 0 Å². The van der Waals surface area contributed by atoms with E-state index in [0.717, 1.165) is 6.42 Å². The highest BCUT2D eigenvalue weighted by molar-refractivity contribution is 6.20. The molecule has 0 saturated heterocycles. The van der Waals surface area contributed by atoms with Crippen molar-refractivity contribution in [3.05, 3.63) is 35.9 Å². The van der Waals surface area contributed by atoms with Crippen molar-refractivity contribution >= 4 is 11.6 Å². The third-order valence-corrected chi connectivity index (χ3v) is 2.23. The van der Waals surface area contributed by atoms with Crippen molar-refractivity contribution < 1.29 is 0 Å². The fourth-order valence-corrected chi connectivity index (χ4v) is 1.67. The van der Waals surface area contributed by atoms with Gasteiger partial charge in [-0.2, -0.15) is 0 Å². The number of alkyl halides is 1. The standard InChI is InChI=1S/C11H15Cl/c1-9(8-10(2)12)11-6-4-3-5-7-11/h3-7,9-10H,8H2,1-2H3. The van der Waals surface area contributed by atoms with E-state index in [1.165, 1.54) is 5.56 Å². The molecule has 66 valence electrons. The molecule has 0 saturated carbocycles. The van der Waals surface area contributed by atoms with Gasteiger partial charge in [0.25, 0.3) is 0 Å². The van der Waals surface area contributed by atoms with Crippen LogP contribution in [0.3, 0.4) is 0 Å². The molecule has 0 heterocycles. The van der Waals surface area contributed by atoms with E-state index >= 15 is 0 Å². The second-order valence-electron chi connectivity index (χ2n) is 3.33. The maximum atomic E-state index is 5.92. The van der Waals surface area contributed by atoms with Crippen LogP contribution >= 0.6 is 11.6 Å². The summed E-state index contributed by atoms with van der Waals surface area (Å²) < 4.78 is 0. The average Bonchev–Trinajstić information content (AvgIpc) is 2.05. The van der Waals surface area contributed by atoms with E-state index in [9.17, 15) is 0 Å². The summed E-state index contributed by atoms with van der Waals surface area (Å²) in [5, 5.41) is 0.264. The summed E-state index contributed by atoms with van der Waals surface area (Å²) in [4.78, 5) is 0. The van der Waals surface area contributed by atoms with E-state index in [1.807, 2.05) is 13.0 Å². The summed E-state index contributed by atoms with van der Waals surface area (Å²) in [6.07, 6.45) is 1.05. The molecule has 0 aliphatic heterocycles. The Morgan fingerprint density at radius 1 is 1.17 bits per heavy atom. The lowest BCUT2D eigenvalue weighted by atomic mass is 9.97. The molecule has 0 aromatic heterocycles. The Labute approximate surface area is 79.6 Å². The number of hydrogen-bond acceptors (Lipinski definition) is 0. The molecule has 0 nitrogen and oxygen atoms in total. The van der Waals surface area contributed by atoms with Crippen molar-refractivity contribution in [2.75, 3.05) is 0 Å². The maximum Gasteiger partial charge on any atom is 0.0313 e. The molecule has 0 amide bonds. The van der Waals surface area contributed by atoms with Crippen molar-refractivity contribution in [3.63, 3.8) is 0 Å². The third-order valence-electron chi connectivity index (χ3n) is 2.05. The lowest BCUT2D eigenvalue weighted by molar-refractivity contribution is 0.671. The SMILES string of the molecule is CC(Cl)CC(C)c1ccccc1. The first-order chi connectivity index (χ1) is 5.70. The molecule has 0 radical (unpaired) electrons. The predicted molar refractivity (Wildman–Crippen MR) is 54.8 cm³/mol. The van der Waals surface area contributed by atoms with Crippen LogP contribution in [0.1, 0.15) is 31.7 Å². The van der Waals surface area contributed by atoms with Crippen LogP contribution in [0.4, 0.5) is 0 Å². The molecular weight excluding hydrogens is 168 g/mol. The van der Waals surface area contributed by atoms with Crippen LogP contribution in [0.2, 0.25) is 0 Å². The minimum atomic E-state index is 0.264. The molecule has 0 fully saturated rings. The van der Waals surface area contributed by atoms with Crippen LogP contribution in [0.25, 0.3) is 0 Å². The number of rotatable bonds is 3. The van der Waals surface area contributed by atoms with Crippen molar-refractivity contribution in [1.29, 1.82) is 0 Å². The summed E-state index contributed by atoms with van der Waals surface area (Å²) in [6, 6.07) is 10.5. The van der Waals surface area contributed by atoms with Gasteiger partial charge in [-0.05, 0) is 24.8 Å². The zero-order valence-electron chi connectivity index (χ0n) is 7.63. The highest BCUT2D eigenvalue weighted by Crippen LogP contribution is 2.21. The van der Waals surface area contributed by atoms with Gasteiger partial charge >= 0.3 is 0 Å². The van der Waals surface area contributed by atoms with Crippen LogP contribution in [-0.2, 0) is 0 Å². The van der Waals surface area contributed by atoms with Gasteiger partial charge < -0.3 is 0 Å². The van der Waals surface area contributed by atoms with Crippen molar-refractivity contribution in [2.24, 2.45) is 0 Å². The lowest BCUT2D eigenvalue weighted by Crippen LogP contribution is -2.00. The molecule has 0 spiro atoms. The fraction of sp³-hybridized carbons (Fsp3) is 0.455. The largest absolute Gasteiger partial charge is 0.123 e.